The molecule has 0 aliphatic rings. The maximum absolute atomic E-state index is 11.7. The number of hydrogen-bond acceptors (Lipinski definition) is 20. The van der Waals surface area contributed by atoms with Crippen LogP contribution in [0.15, 0.2) is 190 Å². The number of hydrogen-bond donors (Lipinski definition) is 0. The number of halogens is 2. The summed E-state index contributed by atoms with van der Waals surface area (Å²) in [5.41, 5.74) is 9.67. The molecule has 86 heavy (non-hydrogen) atoms. The zero-order chi connectivity index (χ0) is 60.2. The Bertz CT molecular complexity index is 2780. The molecule has 4 aromatic carbocycles. The predicted molar refractivity (Wildman–Crippen MR) is 294 cm³/mol. The first-order valence-corrected chi connectivity index (χ1v) is 27.4. The second-order valence-corrected chi connectivity index (χ2v) is 18.7. The SMILES string of the molecule is Cc1cccc(C=NCCc2ccccn2)c1[O-].Cc1cccc(C=NCCc2ccccn2)c1[O-].Cc1cccc(C=NCCc2ccccn2)c1[O-].Cc1cccc(C=NCCc2ccccn2)c1[O-].[Mn+3].[Mn+3].[O-][Cl+3]([O-])([O-])[O-].[O-][Cl+3]([O-])([O-])[O-].[OH3+].[OH3+]. The average Bonchev–Trinajstić information content (AvgIpc) is 3.62. The number of aromatic nitrogens is 4. The molecule has 4 heterocycles. The first-order chi connectivity index (χ1) is 39.1. The van der Waals surface area contributed by atoms with Crippen LogP contribution in [0.3, 0.4) is 0 Å². The molecule has 26 heteroatoms. The predicted octanol–water partition coefficient (Wildman–Crippen LogP) is -2.86. The molecule has 6 N–H and O–H groups in total. The number of benzene rings is 4. The standard InChI is InChI=1S/4C15H16N2O.2ClHO4.2Mn.2H2O/c4*1-12-5-4-6-13(15(12)18)11-16-10-8-14-7-2-3-9-17-14;2*2-1(3,4)5;;;;/h4*2-7,9,11,18H,8,10H2,1H3;2*(H,2,3,4,5);;;2*1H2/q;;;;;;2*+3;;/p-4. The van der Waals surface area contributed by atoms with Gasteiger partial charge in [0.15, 0.2) is 0 Å². The summed E-state index contributed by atoms with van der Waals surface area (Å²) in [6, 6.07) is 45.2. The second-order valence-electron chi connectivity index (χ2n) is 17.2. The van der Waals surface area contributed by atoms with Crippen molar-refractivity contribution in [3.8, 4) is 23.0 Å². The van der Waals surface area contributed by atoms with E-state index in [0.717, 1.165) is 70.7 Å². The first kappa shape index (κ1) is 80.6. The van der Waals surface area contributed by atoms with Crippen molar-refractivity contribution in [3.05, 3.63) is 238 Å². The van der Waals surface area contributed by atoms with Gasteiger partial charge < -0.3 is 31.4 Å². The van der Waals surface area contributed by atoms with E-state index in [4.69, 9.17) is 37.3 Å². The van der Waals surface area contributed by atoms with E-state index < -0.39 is 20.5 Å². The smallest absolute Gasteiger partial charge is 0.872 e. The summed E-state index contributed by atoms with van der Waals surface area (Å²) in [6.07, 6.45) is 16.9. The minimum atomic E-state index is -4.94. The minimum Gasteiger partial charge on any atom is -0.872 e. The average molecular weight is 1300 g/mol. The molecule has 22 nitrogen and oxygen atoms in total. The fraction of sp³-hybridized carbons (Fsp3) is 0.200. The Morgan fingerprint density at radius 3 is 0.663 bits per heavy atom. The molecule has 8 rings (SSSR count). The van der Waals surface area contributed by atoms with E-state index in [9.17, 15) is 20.4 Å². The Balaban J connectivity index is 0. The summed E-state index contributed by atoms with van der Waals surface area (Å²) >= 11 is 0. The summed E-state index contributed by atoms with van der Waals surface area (Å²) < 4.78 is 67.9. The number of aryl methyl sites for hydroxylation is 4. The van der Waals surface area contributed by atoms with E-state index in [1.165, 1.54) is 0 Å². The Morgan fingerprint density at radius 1 is 0.314 bits per heavy atom. The monoisotopic (exact) mass is 1300 g/mol. The summed E-state index contributed by atoms with van der Waals surface area (Å²) in [5.74, 6) is 0.219. The van der Waals surface area contributed by atoms with Gasteiger partial charge in [0.2, 0.25) is 0 Å². The van der Waals surface area contributed by atoms with E-state index in [2.05, 4.69) is 39.9 Å². The Labute approximate surface area is 525 Å². The second kappa shape index (κ2) is 45.0. The Morgan fingerprint density at radius 2 is 0.500 bits per heavy atom. The Hall–Kier alpha value is -7.42. The van der Waals surface area contributed by atoms with Crippen LogP contribution in [0.1, 0.15) is 67.3 Å². The van der Waals surface area contributed by atoms with Gasteiger partial charge in [0.05, 0.1) is 0 Å². The molecule has 0 saturated carbocycles. The largest absolute Gasteiger partial charge is 3.00 e. The van der Waals surface area contributed by atoms with Crippen LogP contribution in [-0.2, 0) is 70.8 Å². The summed E-state index contributed by atoms with van der Waals surface area (Å²) in [6.45, 7) is 9.83. The molecule has 456 valence electrons. The van der Waals surface area contributed by atoms with Gasteiger partial charge in [0, 0.05) is 124 Å². The maximum atomic E-state index is 11.7. The molecule has 0 bridgehead atoms. The van der Waals surface area contributed by atoms with Crippen molar-refractivity contribution in [2.24, 2.45) is 20.0 Å². The summed E-state index contributed by atoms with van der Waals surface area (Å²) in [4.78, 5) is 34.0. The number of pyridine rings is 4. The van der Waals surface area contributed by atoms with Gasteiger partial charge in [-0.25, -0.2) is 37.3 Å². The van der Waals surface area contributed by atoms with Crippen LogP contribution in [0.25, 0.3) is 0 Å². The number of para-hydroxylation sites is 4. The molecule has 0 aliphatic carbocycles. The van der Waals surface area contributed by atoms with E-state index >= 15 is 0 Å². The van der Waals surface area contributed by atoms with E-state index in [0.29, 0.717) is 48.4 Å². The summed E-state index contributed by atoms with van der Waals surface area (Å²) in [5, 5.41) is 46.9. The van der Waals surface area contributed by atoms with E-state index in [1.54, 1.807) is 73.9 Å². The quantitative estimate of drug-likeness (QED) is 0.0533. The third-order valence-corrected chi connectivity index (χ3v) is 10.8. The number of aliphatic imine (C=N–C) groups is 4. The van der Waals surface area contributed by atoms with Gasteiger partial charge in [0.1, 0.15) is 0 Å². The third-order valence-electron chi connectivity index (χ3n) is 10.8. The molecule has 0 saturated heterocycles. The van der Waals surface area contributed by atoms with Crippen LogP contribution >= 0.6 is 0 Å². The van der Waals surface area contributed by atoms with Crippen molar-refractivity contribution in [3.63, 3.8) is 0 Å². The number of nitrogens with zero attached hydrogens (tertiary/aromatic N) is 8. The van der Waals surface area contributed by atoms with Crippen LogP contribution in [0.2, 0.25) is 0 Å². The molecule has 0 fully saturated rings. The van der Waals surface area contributed by atoms with Gasteiger partial charge in [-0.3, -0.25) is 39.9 Å². The molecule has 4 aromatic heterocycles. The third kappa shape index (κ3) is 37.1. The normalized spacial score (nSPS) is 10.6. The molecule has 0 atom stereocenters. The molecular weight excluding hydrogens is 1240 g/mol. The van der Waals surface area contributed by atoms with Gasteiger partial charge >= 0.3 is 34.1 Å². The molecule has 0 aliphatic heterocycles. The molecule has 0 radical (unpaired) electrons. The van der Waals surface area contributed by atoms with Crippen molar-refractivity contribution >= 4 is 24.9 Å². The molecule has 0 spiro atoms. The zero-order valence-corrected chi connectivity index (χ0v) is 51.1. The van der Waals surface area contributed by atoms with E-state index in [1.807, 2.05) is 149 Å². The van der Waals surface area contributed by atoms with Crippen molar-refractivity contribution in [2.45, 2.75) is 53.4 Å². The van der Waals surface area contributed by atoms with Crippen LogP contribution in [-0.4, -0.2) is 71.0 Å². The fourth-order valence-corrected chi connectivity index (χ4v) is 6.66. The molecular formula is C60H66Cl2Mn2N8O14+2. The van der Waals surface area contributed by atoms with Crippen molar-refractivity contribution in [1.29, 1.82) is 0 Å². The van der Waals surface area contributed by atoms with Gasteiger partial charge in [-0.2, -0.15) is 0 Å². The van der Waals surface area contributed by atoms with Crippen molar-refractivity contribution < 1.29 is 123 Å². The van der Waals surface area contributed by atoms with Gasteiger partial charge in [-0.05, 0) is 98.5 Å². The maximum Gasteiger partial charge on any atom is 3.00 e. The van der Waals surface area contributed by atoms with Gasteiger partial charge in [-0.15, -0.1) is 20.5 Å². The van der Waals surface area contributed by atoms with Gasteiger partial charge in [-0.1, -0.05) is 142 Å². The topological polar surface area (TPSA) is 444 Å². The molecule has 8 aromatic rings. The fourth-order valence-electron chi connectivity index (χ4n) is 6.66. The van der Waals surface area contributed by atoms with Crippen LogP contribution in [0, 0.1) is 48.2 Å². The van der Waals surface area contributed by atoms with Crippen molar-refractivity contribution in [2.75, 3.05) is 26.2 Å². The minimum absolute atomic E-state index is 0. The molecule has 0 unspecified atom stereocenters. The Kier molecular flexibility index (Phi) is 42.2. The first-order valence-electron chi connectivity index (χ1n) is 25.0. The van der Waals surface area contributed by atoms with E-state index in [-0.39, 0.29) is 68.1 Å². The molecule has 0 amide bonds. The zero-order valence-electron chi connectivity index (χ0n) is 47.3. The number of rotatable bonds is 16. The summed E-state index contributed by atoms with van der Waals surface area (Å²) in [7, 11) is -9.89. The van der Waals surface area contributed by atoms with Crippen molar-refractivity contribution in [1.82, 2.24) is 19.9 Å². The van der Waals surface area contributed by atoms with Crippen LogP contribution in [0.4, 0.5) is 0 Å². The van der Waals surface area contributed by atoms with Crippen LogP contribution in [0.5, 0.6) is 23.0 Å². The van der Waals surface area contributed by atoms with Crippen LogP contribution < -0.4 is 57.7 Å². The van der Waals surface area contributed by atoms with Gasteiger partial charge in [0.25, 0.3) is 0 Å².